The third-order valence-electron chi connectivity index (χ3n) is 2.36. The van der Waals surface area contributed by atoms with E-state index in [1.165, 1.54) is 13.0 Å². The number of sulfone groups is 1. The van der Waals surface area contributed by atoms with Gasteiger partial charge >= 0.3 is 6.18 Å². The fourth-order valence-electron chi connectivity index (χ4n) is 1.29. The Morgan fingerprint density at radius 2 is 1.82 bits per heavy atom. The maximum atomic E-state index is 12.7. The number of benzene rings is 1. The molecule has 0 spiro atoms. The highest BCUT2D eigenvalue weighted by molar-refractivity contribution is 7.92. The van der Waals surface area contributed by atoms with Gasteiger partial charge in [-0.3, -0.25) is 0 Å². The summed E-state index contributed by atoms with van der Waals surface area (Å²) >= 11 is 0. The summed E-state index contributed by atoms with van der Waals surface area (Å²) in [6.45, 7) is 1.05. The third kappa shape index (κ3) is 2.78. The lowest BCUT2D eigenvalue weighted by atomic mass is 10.2. The number of alkyl halides is 3. The van der Waals surface area contributed by atoms with Gasteiger partial charge in [0.15, 0.2) is 9.84 Å². The molecule has 1 aromatic rings. The number of rotatable bonds is 3. The molecule has 17 heavy (non-hydrogen) atoms. The molecule has 0 aliphatic rings. The zero-order chi connectivity index (χ0) is 13.3. The molecule has 7 heteroatoms. The van der Waals surface area contributed by atoms with Crippen LogP contribution in [0.2, 0.25) is 0 Å². The molecule has 2 N–H and O–H groups in total. The monoisotopic (exact) mass is 267 g/mol. The van der Waals surface area contributed by atoms with Crippen molar-refractivity contribution in [2.24, 2.45) is 5.73 Å². The van der Waals surface area contributed by atoms with Crippen LogP contribution in [-0.2, 0) is 16.0 Å². The van der Waals surface area contributed by atoms with Gasteiger partial charge in [-0.1, -0.05) is 12.1 Å². The largest absolute Gasteiger partial charge is 0.417 e. The lowest BCUT2D eigenvalue weighted by Gasteiger charge is -2.16. The minimum Gasteiger partial charge on any atom is -0.329 e. The summed E-state index contributed by atoms with van der Waals surface area (Å²) in [5.41, 5.74) is 4.04. The van der Waals surface area contributed by atoms with Gasteiger partial charge in [0, 0.05) is 6.54 Å². The maximum Gasteiger partial charge on any atom is 0.417 e. The highest BCUT2D eigenvalue weighted by atomic mass is 32.2. The lowest BCUT2D eigenvalue weighted by molar-refractivity contribution is -0.139. The molecule has 0 saturated heterocycles. The molecule has 96 valence electrons. The highest BCUT2D eigenvalue weighted by Gasteiger charge is 2.38. The molecule has 0 amide bonds. The molecular formula is C10H12F3NO2S. The molecule has 0 aliphatic carbocycles. The van der Waals surface area contributed by atoms with Crippen molar-refractivity contribution in [1.82, 2.24) is 0 Å². The molecule has 1 aromatic carbocycles. The van der Waals surface area contributed by atoms with Gasteiger partial charge in [-0.2, -0.15) is 13.2 Å². The van der Waals surface area contributed by atoms with E-state index in [9.17, 15) is 21.6 Å². The van der Waals surface area contributed by atoms with Crippen LogP contribution in [0.4, 0.5) is 13.2 Å². The smallest absolute Gasteiger partial charge is 0.329 e. The first-order valence-corrected chi connectivity index (χ1v) is 6.36. The van der Waals surface area contributed by atoms with Gasteiger partial charge in [-0.15, -0.1) is 0 Å². The van der Waals surface area contributed by atoms with E-state index in [1.54, 1.807) is 0 Å². The summed E-state index contributed by atoms with van der Waals surface area (Å²) in [4.78, 5) is -0.717. The Balaban J connectivity index is 3.43. The molecule has 0 heterocycles. The van der Waals surface area contributed by atoms with Crippen LogP contribution in [0.25, 0.3) is 0 Å². The predicted molar refractivity (Wildman–Crippen MR) is 57.1 cm³/mol. The molecule has 0 fully saturated rings. The number of nitrogens with two attached hydrogens (primary N) is 1. The molecule has 0 aromatic heterocycles. The number of hydrogen-bond donors (Lipinski definition) is 1. The summed E-state index contributed by atoms with van der Waals surface area (Å²) in [5.74, 6) is 0. The summed E-state index contributed by atoms with van der Waals surface area (Å²) < 4.78 is 61.7. The van der Waals surface area contributed by atoms with E-state index in [1.807, 2.05) is 0 Å². The fourth-order valence-corrected chi connectivity index (χ4v) is 2.74. The van der Waals surface area contributed by atoms with E-state index in [2.05, 4.69) is 0 Å². The second kappa shape index (κ2) is 4.66. The van der Waals surface area contributed by atoms with Gasteiger partial charge in [0.2, 0.25) is 0 Å². The predicted octanol–water partition coefficient (Wildman–Crippen LogP) is 1.83. The van der Waals surface area contributed by atoms with Crippen LogP contribution in [0.5, 0.6) is 0 Å². The van der Waals surface area contributed by atoms with Gasteiger partial charge in [-0.05, 0) is 19.1 Å². The van der Waals surface area contributed by atoms with E-state index in [-0.39, 0.29) is 6.54 Å². The Morgan fingerprint density at radius 3 is 2.29 bits per heavy atom. The van der Waals surface area contributed by atoms with Gasteiger partial charge in [0.25, 0.3) is 0 Å². The summed E-state index contributed by atoms with van der Waals surface area (Å²) in [7, 11) is -4.05. The second-order valence-electron chi connectivity index (χ2n) is 3.59. The molecule has 1 unspecified atom stereocenters. The van der Waals surface area contributed by atoms with Crippen molar-refractivity contribution in [3.63, 3.8) is 0 Å². The van der Waals surface area contributed by atoms with Crippen molar-refractivity contribution in [3.05, 3.63) is 29.8 Å². The summed E-state index contributed by atoms with van der Waals surface area (Å²) in [6.07, 6.45) is -4.70. The van der Waals surface area contributed by atoms with Gasteiger partial charge in [-0.25, -0.2) is 8.42 Å². The van der Waals surface area contributed by atoms with Crippen LogP contribution in [0.15, 0.2) is 29.2 Å². The van der Waals surface area contributed by atoms with Crippen LogP contribution in [0.1, 0.15) is 12.5 Å². The van der Waals surface area contributed by atoms with Crippen molar-refractivity contribution in [2.75, 3.05) is 6.54 Å². The van der Waals surface area contributed by atoms with Crippen molar-refractivity contribution in [3.8, 4) is 0 Å². The molecule has 0 saturated carbocycles. The van der Waals surface area contributed by atoms with Crippen LogP contribution >= 0.6 is 0 Å². The minimum absolute atomic E-state index is 0.228. The third-order valence-corrected chi connectivity index (χ3v) is 4.58. The number of hydrogen-bond acceptors (Lipinski definition) is 3. The van der Waals surface area contributed by atoms with Crippen LogP contribution in [0.3, 0.4) is 0 Å². The Kier molecular flexibility index (Phi) is 3.83. The maximum absolute atomic E-state index is 12.7. The molecule has 0 bridgehead atoms. The lowest BCUT2D eigenvalue weighted by Crippen LogP contribution is -2.28. The van der Waals surface area contributed by atoms with E-state index < -0.39 is 31.7 Å². The summed E-state index contributed by atoms with van der Waals surface area (Å²) in [5, 5.41) is -1.05. The van der Waals surface area contributed by atoms with Crippen LogP contribution in [0, 0.1) is 0 Å². The van der Waals surface area contributed by atoms with Crippen LogP contribution in [-0.4, -0.2) is 20.2 Å². The van der Waals surface area contributed by atoms with Crippen molar-refractivity contribution >= 4 is 9.84 Å². The van der Waals surface area contributed by atoms with E-state index in [4.69, 9.17) is 5.73 Å². The topological polar surface area (TPSA) is 60.2 Å². The van der Waals surface area contributed by atoms with E-state index in [0.717, 1.165) is 18.2 Å². The van der Waals surface area contributed by atoms with Gasteiger partial charge in [0.1, 0.15) is 0 Å². The first-order valence-electron chi connectivity index (χ1n) is 4.81. The highest BCUT2D eigenvalue weighted by Crippen LogP contribution is 2.35. The molecule has 1 rings (SSSR count). The van der Waals surface area contributed by atoms with Gasteiger partial charge < -0.3 is 5.73 Å². The molecule has 0 aliphatic heterocycles. The van der Waals surface area contributed by atoms with Crippen LogP contribution < -0.4 is 5.73 Å². The van der Waals surface area contributed by atoms with Crippen molar-refractivity contribution in [1.29, 1.82) is 0 Å². The first kappa shape index (κ1) is 14.0. The second-order valence-corrected chi connectivity index (χ2v) is 5.92. The minimum atomic E-state index is -4.70. The van der Waals surface area contributed by atoms with Crippen molar-refractivity contribution in [2.45, 2.75) is 23.2 Å². The Hall–Kier alpha value is -1.08. The van der Waals surface area contributed by atoms with E-state index in [0.29, 0.717) is 0 Å². The zero-order valence-corrected chi connectivity index (χ0v) is 9.85. The fraction of sp³-hybridized carbons (Fsp3) is 0.400. The number of halogens is 3. The quantitative estimate of drug-likeness (QED) is 0.908. The zero-order valence-electron chi connectivity index (χ0n) is 9.03. The normalized spacial score (nSPS) is 14.6. The average molecular weight is 267 g/mol. The SMILES string of the molecule is CC(CN)S(=O)(=O)c1ccccc1C(F)(F)F. The summed E-state index contributed by atoms with van der Waals surface area (Å²) in [6, 6.07) is 4.10. The Morgan fingerprint density at radius 1 is 1.29 bits per heavy atom. The molecule has 3 nitrogen and oxygen atoms in total. The molecular weight excluding hydrogens is 255 g/mol. The Bertz CT molecular complexity index is 497. The average Bonchev–Trinajstić information content (AvgIpc) is 2.26. The standard InChI is InChI=1S/C10H12F3NO2S/c1-7(6-14)17(15,16)9-5-3-2-4-8(9)10(11,12)13/h2-5,7H,6,14H2,1H3. The van der Waals surface area contributed by atoms with E-state index >= 15 is 0 Å². The van der Waals surface area contributed by atoms with Crippen molar-refractivity contribution < 1.29 is 21.6 Å². The molecule has 1 atom stereocenters. The Labute approximate surface area is 97.4 Å². The first-order chi connectivity index (χ1) is 7.71. The molecule has 0 radical (unpaired) electrons. The van der Waals surface area contributed by atoms with Gasteiger partial charge in [0.05, 0.1) is 15.7 Å².